The Bertz CT molecular complexity index is 676. The van der Waals surface area contributed by atoms with E-state index in [1.165, 1.54) is 23.1 Å². The number of amides is 1. The molecule has 0 aliphatic heterocycles. The molecule has 2 aromatic rings. The predicted molar refractivity (Wildman–Crippen MR) is 78.1 cm³/mol. The first-order valence-electron chi connectivity index (χ1n) is 6.07. The molecule has 0 aliphatic rings. The molecule has 0 spiro atoms. The summed E-state index contributed by atoms with van der Waals surface area (Å²) >= 11 is 5.83. The molecular formula is C14H12ClN3O3. The average Bonchev–Trinajstić information content (AvgIpc) is 2.47. The Labute approximate surface area is 126 Å². The Morgan fingerprint density at radius 2 is 2.00 bits per heavy atom. The Morgan fingerprint density at radius 1 is 1.33 bits per heavy atom. The summed E-state index contributed by atoms with van der Waals surface area (Å²) in [6.45, 7) is 0.324. The van der Waals surface area contributed by atoms with Crippen LogP contribution in [0.15, 0.2) is 42.7 Å². The van der Waals surface area contributed by atoms with Crippen molar-refractivity contribution in [3.05, 3.63) is 69.0 Å². The largest absolute Gasteiger partial charge is 0.337 e. The standard InChI is InChI=1S/C14H12ClN3O3/c1-17(9-10-4-6-16-7-5-10)14(19)12-8-11(15)2-3-13(12)18(20)21/h2-8H,9H2,1H3. The first-order chi connectivity index (χ1) is 9.99. The van der Waals surface area contributed by atoms with Crippen LogP contribution in [0.1, 0.15) is 15.9 Å². The number of halogens is 1. The van der Waals surface area contributed by atoms with Gasteiger partial charge in [-0.3, -0.25) is 19.9 Å². The number of nitrogens with zero attached hydrogens (tertiary/aromatic N) is 3. The molecule has 1 heterocycles. The molecule has 0 unspecified atom stereocenters. The smallest absolute Gasteiger partial charge is 0.282 e. The summed E-state index contributed by atoms with van der Waals surface area (Å²) < 4.78 is 0. The number of hydrogen-bond acceptors (Lipinski definition) is 4. The second kappa shape index (κ2) is 6.32. The van der Waals surface area contributed by atoms with Gasteiger partial charge in [0.2, 0.25) is 0 Å². The highest BCUT2D eigenvalue weighted by Crippen LogP contribution is 2.24. The number of benzene rings is 1. The van der Waals surface area contributed by atoms with Gasteiger partial charge in [-0.2, -0.15) is 0 Å². The minimum Gasteiger partial charge on any atom is -0.337 e. The zero-order valence-electron chi connectivity index (χ0n) is 11.2. The molecule has 0 saturated heterocycles. The third kappa shape index (κ3) is 3.55. The summed E-state index contributed by atoms with van der Waals surface area (Å²) in [4.78, 5) is 28.1. The molecular weight excluding hydrogens is 294 g/mol. The average molecular weight is 306 g/mol. The molecule has 7 heteroatoms. The van der Waals surface area contributed by atoms with Gasteiger partial charge < -0.3 is 4.90 Å². The van der Waals surface area contributed by atoms with Gasteiger partial charge in [0, 0.05) is 37.1 Å². The van der Waals surface area contributed by atoms with Crippen molar-refractivity contribution in [3.63, 3.8) is 0 Å². The Hall–Kier alpha value is -2.47. The van der Waals surface area contributed by atoms with Crippen LogP contribution in [0.5, 0.6) is 0 Å². The van der Waals surface area contributed by atoms with E-state index in [1.807, 2.05) is 0 Å². The Balaban J connectivity index is 2.27. The van der Waals surface area contributed by atoms with Gasteiger partial charge in [0.05, 0.1) is 4.92 Å². The van der Waals surface area contributed by atoms with Crippen LogP contribution in [0, 0.1) is 10.1 Å². The van der Waals surface area contributed by atoms with Crippen LogP contribution in [-0.2, 0) is 6.54 Å². The summed E-state index contributed by atoms with van der Waals surface area (Å²) in [5.74, 6) is -0.457. The van der Waals surface area contributed by atoms with Gasteiger partial charge in [-0.05, 0) is 29.8 Å². The molecule has 0 atom stereocenters. The van der Waals surface area contributed by atoms with Gasteiger partial charge in [0.15, 0.2) is 0 Å². The minimum atomic E-state index is -0.593. The van der Waals surface area contributed by atoms with Crippen molar-refractivity contribution >= 4 is 23.2 Å². The first-order valence-corrected chi connectivity index (χ1v) is 6.45. The van der Waals surface area contributed by atoms with E-state index in [0.29, 0.717) is 6.54 Å². The lowest BCUT2D eigenvalue weighted by Crippen LogP contribution is -2.26. The SMILES string of the molecule is CN(Cc1ccncc1)C(=O)c1cc(Cl)ccc1[N+](=O)[O-]. The van der Waals surface area contributed by atoms with Crippen LogP contribution < -0.4 is 0 Å². The summed E-state index contributed by atoms with van der Waals surface area (Å²) in [5.41, 5.74) is 0.598. The molecule has 0 aliphatic carbocycles. The van der Waals surface area contributed by atoms with Crippen LogP contribution in [0.25, 0.3) is 0 Å². The van der Waals surface area contributed by atoms with E-state index in [-0.39, 0.29) is 16.3 Å². The zero-order chi connectivity index (χ0) is 15.4. The van der Waals surface area contributed by atoms with E-state index in [2.05, 4.69) is 4.98 Å². The maximum Gasteiger partial charge on any atom is 0.282 e. The molecule has 0 saturated carbocycles. The van der Waals surface area contributed by atoms with E-state index >= 15 is 0 Å². The van der Waals surface area contributed by atoms with Gasteiger partial charge in [0.25, 0.3) is 11.6 Å². The van der Waals surface area contributed by atoms with Gasteiger partial charge in [-0.25, -0.2) is 0 Å². The lowest BCUT2D eigenvalue weighted by molar-refractivity contribution is -0.385. The zero-order valence-corrected chi connectivity index (χ0v) is 11.9. The summed E-state index contributed by atoms with van der Waals surface area (Å²) in [7, 11) is 1.58. The Kier molecular flexibility index (Phi) is 4.49. The van der Waals surface area contributed by atoms with Crippen LogP contribution in [0.4, 0.5) is 5.69 Å². The van der Waals surface area contributed by atoms with Crippen molar-refractivity contribution < 1.29 is 9.72 Å². The highest BCUT2D eigenvalue weighted by molar-refractivity contribution is 6.31. The molecule has 108 valence electrons. The second-order valence-electron chi connectivity index (χ2n) is 4.44. The summed E-state index contributed by atoms with van der Waals surface area (Å²) in [5, 5.41) is 11.3. The van der Waals surface area contributed by atoms with Gasteiger partial charge in [-0.1, -0.05) is 11.6 Å². The van der Waals surface area contributed by atoms with E-state index in [9.17, 15) is 14.9 Å². The van der Waals surface area contributed by atoms with Crippen molar-refractivity contribution in [1.29, 1.82) is 0 Å². The number of carbonyl (C=O) groups excluding carboxylic acids is 1. The van der Waals surface area contributed by atoms with Crippen molar-refractivity contribution in [2.45, 2.75) is 6.54 Å². The van der Waals surface area contributed by atoms with Crippen molar-refractivity contribution in [1.82, 2.24) is 9.88 Å². The highest BCUT2D eigenvalue weighted by Gasteiger charge is 2.23. The number of hydrogen-bond donors (Lipinski definition) is 0. The highest BCUT2D eigenvalue weighted by atomic mass is 35.5. The lowest BCUT2D eigenvalue weighted by atomic mass is 10.1. The number of rotatable bonds is 4. The predicted octanol–water partition coefficient (Wildman–Crippen LogP) is 2.92. The monoisotopic (exact) mass is 305 g/mol. The molecule has 0 N–H and O–H groups in total. The number of aromatic nitrogens is 1. The number of nitro benzene ring substituents is 1. The molecule has 1 aromatic carbocycles. The second-order valence-corrected chi connectivity index (χ2v) is 4.87. The topological polar surface area (TPSA) is 76.3 Å². The molecule has 0 radical (unpaired) electrons. The third-order valence-corrected chi connectivity index (χ3v) is 3.14. The van der Waals surface area contributed by atoms with E-state index in [0.717, 1.165) is 5.56 Å². The summed E-state index contributed by atoms with van der Waals surface area (Å²) in [6.07, 6.45) is 3.24. The maximum absolute atomic E-state index is 12.4. The van der Waals surface area contributed by atoms with Crippen LogP contribution in [-0.4, -0.2) is 27.8 Å². The van der Waals surface area contributed by atoms with E-state index in [1.54, 1.807) is 31.6 Å². The maximum atomic E-state index is 12.4. The van der Waals surface area contributed by atoms with Gasteiger partial charge in [0.1, 0.15) is 5.56 Å². The van der Waals surface area contributed by atoms with E-state index in [4.69, 9.17) is 11.6 Å². The van der Waals surface area contributed by atoms with Crippen LogP contribution in [0.3, 0.4) is 0 Å². The normalized spacial score (nSPS) is 10.2. The Morgan fingerprint density at radius 3 is 2.62 bits per heavy atom. The van der Waals surface area contributed by atoms with Crippen LogP contribution in [0.2, 0.25) is 5.02 Å². The van der Waals surface area contributed by atoms with E-state index < -0.39 is 10.8 Å². The summed E-state index contributed by atoms with van der Waals surface area (Å²) in [6, 6.07) is 7.48. The number of carbonyl (C=O) groups is 1. The van der Waals surface area contributed by atoms with Crippen molar-refractivity contribution in [2.75, 3.05) is 7.05 Å². The molecule has 6 nitrogen and oxygen atoms in total. The fourth-order valence-corrected chi connectivity index (χ4v) is 2.05. The molecule has 1 aromatic heterocycles. The van der Waals surface area contributed by atoms with Gasteiger partial charge in [-0.15, -0.1) is 0 Å². The third-order valence-electron chi connectivity index (χ3n) is 2.90. The molecule has 0 fully saturated rings. The fraction of sp³-hybridized carbons (Fsp3) is 0.143. The van der Waals surface area contributed by atoms with Gasteiger partial charge >= 0.3 is 0 Å². The first kappa shape index (κ1) is 14.9. The lowest BCUT2D eigenvalue weighted by Gasteiger charge is -2.17. The van der Waals surface area contributed by atoms with Crippen molar-refractivity contribution in [3.8, 4) is 0 Å². The number of nitro groups is 1. The fourth-order valence-electron chi connectivity index (χ4n) is 1.88. The minimum absolute atomic E-state index is 0.0240. The molecule has 2 rings (SSSR count). The van der Waals surface area contributed by atoms with Crippen LogP contribution >= 0.6 is 11.6 Å². The quantitative estimate of drug-likeness (QED) is 0.643. The van der Waals surface area contributed by atoms with Crippen molar-refractivity contribution in [2.24, 2.45) is 0 Å². The molecule has 21 heavy (non-hydrogen) atoms. The molecule has 0 bridgehead atoms. The molecule has 1 amide bonds. The number of pyridine rings is 1.